The maximum atomic E-state index is 12.9. The highest BCUT2D eigenvalue weighted by atomic mass is 35.5. The Balaban J connectivity index is 1.52. The van der Waals surface area contributed by atoms with Crippen LogP contribution in [-0.4, -0.2) is 63.8 Å². The predicted molar refractivity (Wildman–Crippen MR) is 118 cm³/mol. The summed E-state index contributed by atoms with van der Waals surface area (Å²) < 4.78 is 5.35. The first-order chi connectivity index (χ1) is 15.0. The van der Waals surface area contributed by atoms with Crippen molar-refractivity contribution in [2.24, 2.45) is 0 Å². The number of aliphatic hydroxyl groups is 1. The largest absolute Gasteiger partial charge is 0.396 e. The summed E-state index contributed by atoms with van der Waals surface area (Å²) >= 11 is 6.20. The maximum Gasteiger partial charge on any atom is 0.320 e. The Morgan fingerprint density at radius 3 is 2.68 bits per heavy atom. The molecule has 0 aliphatic carbocycles. The highest BCUT2D eigenvalue weighted by Crippen LogP contribution is 2.31. The van der Waals surface area contributed by atoms with Crippen LogP contribution in [0.5, 0.6) is 0 Å². The topological polar surface area (TPSA) is 90.8 Å². The van der Waals surface area contributed by atoms with Gasteiger partial charge in [-0.2, -0.15) is 0 Å². The van der Waals surface area contributed by atoms with E-state index in [4.69, 9.17) is 16.3 Å². The molecule has 0 bridgehead atoms. The molecule has 0 saturated carbocycles. The zero-order valence-electron chi connectivity index (χ0n) is 17.8. The number of aliphatic hydroxyl groups excluding tert-OH is 1. The van der Waals surface area contributed by atoms with Gasteiger partial charge in [-0.15, -0.1) is 0 Å². The van der Waals surface area contributed by atoms with Crippen LogP contribution in [-0.2, 0) is 17.8 Å². The molecule has 1 aromatic heterocycles. The SMILES string of the molecule is CC(CO)c1cccc(C(C)Nc2nc(Cl)nc3c2CN(C(=O)N2CCOCC2)C3)c1. The second-order valence-electron chi connectivity index (χ2n) is 8.12. The number of urea groups is 1. The Hall–Kier alpha value is -2.42. The molecule has 0 spiro atoms. The van der Waals surface area contributed by atoms with Gasteiger partial charge in [-0.25, -0.2) is 14.8 Å². The van der Waals surface area contributed by atoms with Crippen LogP contribution in [0.25, 0.3) is 0 Å². The highest BCUT2D eigenvalue weighted by molar-refractivity contribution is 6.28. The van der Waals surface area contributed by atoms with E-state index < -0.39 is 0 Å². The van der Waals surface area contributed by atoms with E-state index in [2.05, 4.69) is 28.3 Å². The summed E-state index contributed by atoms with van der Waals surface area (Å²) in [6, 6.07) is 8.10. The summed E-state index contributed by atoms with van der Waals surface area (Å²) in [7, 11) is 0. The van der Waals surface area contributed by atoms with Gasteiger partial charge in [0.1, 0.15) is 5.82 Å². The zero-order valence-corrected chi connectivity index (χ0v) is 18.6. The van der Waals surface area contributed by atoms with E-state index in [0.717, 1.165) is 22.4 Å². The van der Waals surface area contributed by atoms with E-state index in [0.29, 0.717) is 45.2 Å². The van der Waals surface area contributed by atoms with Gasteiger partial charge >= 0.3 is 6.03 Å². The molecule has 0 radical (unpaired) electrons. The molecule has 1 aromatic carbocycles. The van der Waals surface area contributed by atoms with E-state index in [1.165, 1.54) is 0 Å². The third-order valence-corrected chi connectivity index (χ3v) is 6.08. The first-order valence-corrected chi connectivity index (χ1v) is 11.0. The van der Waals surface area contributed by atoms with Crippen LogP contribution in [0.4, 0.5) is 10.6 Å². The molecule has 2 aliphatic rings. The van der Waals surface area contributed by atoms with Gasteiger partial charge in [-0.05, 0) is 29.7 Å². The van der Waals surface area contributed by atoms with Gasteiger partial charge in [0.15, 0.2) is 0 Å². The van der Waals surface area contributed by atoms with Gasteiger partial charge in [0.25, 0.3) is 0 Å². The molecule has 2 N–H and O–H groups in total. The number of ether oxygens (including phenoxy) is 1. The number of aromatic nitrogens is 2. The van der Waals surface area contributed by atoms with Crippen molar-refractivity contribution in [3.05, 3.63) is 51.9 Å². The number of carbonyl (C=O) groups is 1. The van der Waals surface area contributed by atoms with Crippen molar-refractivity contribution in [2.75, 3.05) is 38.2 Å². The summed E-state index contributed by atoms with van der Waals surface area (Å²) in [5.74, 6) is 0.727. The standard InChI is InChI=1S/C22H28ClN5O3/c1-14(13-29)16-4-3-5-17(10-16)15(2)24-20-18-11-28(12-19(18)25-21(23)26-20)22(30)27-6-8-31-9-7-27/h3-5,10,14-15,29H,6-9,11-13H2,1-2H3,(H,24,25,26). The number of rotatable bonds is 5. The van der Waals surface area contributed by atoms with Gasteiger partial charge < -0.3 is 25.0 Å². The quantitative estimate of drug-likeness (QED) is 0.687. The number of carbonyl (C=O) groups excluding carboxylic acids is 1. The molecule has 8 nitrogen and oxygen atoms in total. The van der Waals surface area contributed by atoms with E-state index >= 15 is 0 Å². The van der Waals surface area contributed by atoms with Crippen LogP contribution in [0, 0.1) is 0 Å². The van der Waals surface area contributed by atoms with Crippen molar-refractivity contribution in [3.63, 3.8) is 0 Å². The smallest absolute Gasteiger partial charge is 0.320 e. The van der Waals surface area contributed by atoms with Crippen molar-refractivity contribution in [2.45, 2.75) is 38.9 Å². The molecule has 2 unspecified atom stereocenters. The number of fused-ring (bicyclic) bond motifs is 1. The molecule has 2 amide bonds. The lowest BCUT2D eigenvalue weighted by Crippen LogP contribution is -2.46. The first kappa shape index (κ1) is 21.8. The van der Waals surface area contributed by atoms with E-state index in [1.807, 2.05) is 30.0 Å². The summed E-state index contributed by atoms with van der Waals surface area (Å²) in [5, 5.41) is 13.1. The second kappa shape index (κ2) is 9.38. The lowest BCUT2D eigenvalue weighted by molar-refractivity contribution is 0.0429. The normalized spacial score (nSPS) is 17.9. The van der Waals surface area contributed by atoms with Crippen molar-refractivity contribution in [1.82, 2.24) is 19.8 Å². The molecular formula is C22H28ClN5O3. The van der Waals surface area contributed by atoms with Crippen LogP contribution >= 0.6 is 11.6 Å². The Labute approximate surface area is 187 Å². The van der Waals surface area contributed by atoms with Crippen LogP contribution in [0.3, 0.4) is 0 Å². The van der Waals surface area contributed by atoms with Gasteiger partial charge in [-0.1, -0.05) is 31.2 Å². The minimum atomic E-state index is -0.0371. The summed E-state index contributed by atoms with van der Waals surface area (Å²) in [6.07, 6.45) is 0. The van der Waals surface area contributed by atoms with Crippen LogP contribution in [0.15, 0.2) is 24.3 Å². The summed E-state index contributed by atoms with van der Waals surface area (Å²) in [6.45, 7) is 7.34. The number of nitrogens with zero attached hydrogens (tertiary/aromatic N) is 4. The summed E-state index contributed by atoms with van der Waals surface area (Å²) in [4.78, 5) is 25.3. The number of amides is 2. The lowest BCUT2D eigenvalue weighted by Gasteiger charge is -2.30. The molecule has 2 aliphatic heterocycles. The fraction of sp³-hybridized carbons (Fsp3) is 0.500. The molecule has 9 heteroatoms. The molecule has 1 saturated heterocycles. The Bertz CT molecular complexity index is 951. The number of hydrogen-bond acceptors (Lipinski definition) is 6. The number of hydrogen-bond donors (Lipinski definition) is 2. The van der Waals surface area contributed by atoms with Crippen molar-refractivity contribution >= 4 is 23.4 Å². The average Bonchev–Trinajstić information content (AvgIpc) is 3.22. The predicted octanol–water partition coefficient (Wildman–Crippen LogP) is 3.17. The molecule has 166 valence electrons. The zero-order chi connectivity index (χ0) is 22.0. The molecule has 4 rings (SSSR count). The van der Waals surface area contributed by atoms with Gasteiger partial charge in [0, 0.05) is 37.2 Å². The van der Waals surface area contributed by atoms with Gasteiger partial charge in [0.05, 0.1) is 32.0 Å². The average molecular weight is 446 g/mol. The molecular weight excluding hydrogens is 418 g/mol. The molecule has 3 heterocycles. The number of morpholine rings is 1. The van der Waals surface area contributed by atoms with Crippen molar-refractivity contribution < 1.29 is 14.6 Å². The molecule has 1 fully saturated rings. The third kappa shape index (κ3) is 4.76. The van der Waals surface area contributed by atoms with E-state index in [9.17, 15) is 9.90 Å². The van der Waals surface area contributed by atoms with Gasteiger partial charge in [-0.3, -0.25) is 0 Å². The van der Waals surface area contributed by atoms with E-state index in [1.54, 1.807) is 4.90 Å². The second-order valence-corrected chi connectivity index (χ2v) is 8.46. The Morgan fingerprint density at radius 2 is 1.94 bits per heavy atom. The minimum absolute atomic E-state index is 0.0119. The van der Waals surface area contributed by atoms with Crippen LogP contribution < -0.4 is 5.32 Å². The first-order valence-electron chi connectivity index (χ1n) is 10.6. The summed E-state index contributed by atoms with van der Waals surface area (Å²) in [5.41, 5.74) is 3.85. The number of benzene rings is 1. The maximum absolute atomic E-state index is 12.9. The van der Waals surface area contributed by atoms with Crippen molar-refractivity contribution in [1.29, 1.82) is 0 Å². The fourth-order valence-electron chi connectivity index (χ4n) is 3.96. The minimum Gasteiger partial charge on any atom is -0.396 e. The number of halogens is 1. The number of nitrogens with one attached hydrogen (secondary N) is 1. The molecule has 31 heavy (non-hydrogen) atoms. The fourth-order valence-corrected chi connectivity index (χ4v) is 4.15. The molecule has 2 atom stereocenters. The third-order valence-electron chi connectivity index (χ3n) is 5.91. The Morgan fingerprint density at radius 1 is 1.19 bits per heavy atom. The Kier molecular flexibility index (Phi) is 6.60. The van der Waals surface area contributed by atoms with Crippen molar-refractivity contribution in [3.8, 4) is 0 Å². The number of anilines is 1. The lowest BCUT2D eigenvalue weighted by atomic mass is 9.97. The van der Waals surface area contributed by atoms with Crippen LogP contribution in [0.2, 0.25) is 5.28 Å². The van der Waals surface area contributed by atoms with E-state index in [-0.39, 0.29) is 29.9 Å². The van der Waals surface area contributed by atoms with Gasteiger partial charge in [0.2, 0.25) is 5.28 Å². The van der Waals surface area contributed by atoms with Crippen LogP contribution in [0.1, 0.15) is 48.2 Å². The molecule has 2 aromatic rings. The monoisotopic (exact) mass is 445 g/mol. The highest BCUT2D eigenvalue weighted by Gasteiger charge is 2.32.